The molecule has 6 heteroatoms. The topological polar surface area (TPSA) is 37.3 Å². The average Bonchev–Trinajstić information content (AvgIpc) is 2.16. The van der Waals surface area contributed by atoms with Crippen LogP contribution in [0.15, 0.2) is 18.2 Å². The number of carboxylic acid groups (broad SMARTS) is 1. The molecule has 0 heterocycles. The molecule has 0 radical (unpaired) electrons. The molecule has 94 valence electrons. The van der Waals surface area contributed by atoms with Gasteiger partial charge in [0.2, 0.25) is 0 Å². The first-order valence-electron chi connectivity index (χ1n) is 4.76. The fourth-order valence-electron chi connectivity index (χ4n) is 1.56. The first-order chi connectivity index (χ1) is 7.71. The number of rotatable bonds is 3. The van der Waals surface area contributed by atoms with Gasteiger partial charge in [-0.3, -0.25) is 4.79 Å². The van der Waals surface area contributed by atoms with Gasteiger partial charge in [-0.1, -0.05) is 6.07 Å². The van der Waals surface area contributed by atoms with Crippen molar-refractivity contribution in [3.8, 4) is 0 Å². The normalized spacial score (nSPS) is 13.5. The lowest BCUT2D eigenvalue weighted by Crippen LogP contribution is -2.24. The van der Waals surface area contributed by atoms with Crippen LogP contribution in [0.25, 0.3) is 0 Å². The average molecular weight is 250 g/mol. The van der Waals surface area contributed by atoms with Gasteiger partial charge in [0.15, 0.2) is 0 Å². The number of alkyl halides is 3. The molecule has 0 aliphatic heterocycles. The lowest BCUT2D eigenvalue weighted by molar-refractivity contribution is -0.163. The Hall–Kier alpha value is -1.59. The minimum Gasteiger partial charge on any atom is -0.481 e. The smallest absolute Gasteiger partial charge is 0.396 e. The number of hydrogen-bond donors (Lipinski definition) is 1. The van der Waals surface area contributed by atoms with E-state index in [2.05, 4.69) is 0 Å². The number of benzene rings is 1. The van der Waals surface area contributed by atoms with E-state index >= 15 is 0 Å². The first kappa shape index (κ1) is 13.5. The summed E-state index contributed by atoms with van der Waals surface area (Å²) in [7, 11) is 0. The van der Waals surface area contributed by atoms with Crippen molar-refractivity contribution in [2.24, 2.45) is 0 Å². The Bertz CT molecular complexity index is 426. The molecule has 0 aliphatic carbocycles. The molecule has 2 nitrogen and oxygen atoms in total. The Morgan fingerprint density at radius 3 is 2.47 bits per heavy atom. The molecule has 17 heavy (non-hydrogen) atoms. The third kappa shape index (κ3) is 3.44. The van der Waals surface area contributed by atoms with Gasteiger partial charge in [-0.05, 0) is 30.2 Å². The summed E-state index contributed by atoms with van der Waals surface area (Å²) in [6, 6.07) is 2.97. The van der Waals surface area contributed by atoms with E-state index in [0.717, 1.165) is 12.1 Å². The number of aryl methyl sites for hydroxylation is 1. The molecule has 1 aromatic carbocycles. The van der Waals surface area contributed by atoms with Crippen LogP contribution >= 0.6 is 0 Å². The Kier molecular flexibility index (Phi) is 3.75. The van der Waals surface area contributed by atoms with E-state index in [4.69, 9.17) is 5.11 Å². The van der Waals surface area contributed by atoms with E-state index in [-0.39, 0.29) is 11.1 Å². The molecule has 0 aromatic heterocycles. The summed E-state index contributed by atoms with van der Waals surface area (Å²) in [4.78, 5) is 10.4. The van der Waals surface area contributed by atoms with Crippen molar-refractivity contribution in [2.75, 3.05) is 0 Å². The largest absolute Gasteiger partial charge is 0.481 e. The van der Waals surface area contributed by atoms with Crippen molar-refractivity contribution < 1.29 is 27.5 Å². The number of aliphatic carboxylic acids is 1. The highest BCUT2D eigenvalue weighted by Crippen LogP contribution is 2.38. The summed E-state index contributed by atoms with van der Waals surface area (Å²) < 4.78 is 51.0. The first-order valence-corrected chi connectivity index (χ1v) is 4.76. The van der Waals surface area contributed by atoms with E-state index < -0.39 is 30.3 Å². The summed E-state index contributed by atoms with van der Waals surface area (Å²) in [5.41, 5.74) is -0.116. The highest BCUT2D eigenvalue weighted by molar-refractivity contribution is 5.68. The van der Waals surface area contributed by atoms with Crippen molar-refractivity contribution in [2.45, 2.75) is 25.4 Å². The molecule has 0 bridgehead atoms. The molecule has 1 rings (SSSR count). The maximum Gasteiger partial charge on any atom is 0.396 e. The summed E-state index contributed by atoms with van der Waals surface area (Å²) >= 11 is 0. The molecule has 0 fully saturated rings. The van der Waals surface area contributed by atoms with Crippen molar-refractivity contribution in [3.05, 3.63) is 35.1 Å². The maximum absolute atomic E-state index is 12.9. The van der Waals surface area contributed by atoms with Crippen molar-refractivity contribution in [3.63, 3.8) is 0 Å². The second kappa shape index (κ2) is 4.73. The van der Waals surface area contributed by atoms with Crippen molar-refractivity contribution in [1.82, 2.24) is 0 Å². The Balaban J connectivity index is 3.21. The molecule has 1 N–H and O–H groups in total. The van der Waals surface area contributed by atoms with E-state index in [1.54, 1.807) is 0 Å². The lowest BCUT2D eigenvalue weighted by Gasteiger charge is -2.20. The van der Waals surface area contributed by atoms with Crippen LogP contribution < -0.4 is 0 Å². The van der Waals surface area contributed by atoms with Gasteiger partial charge in [-0.2, -0.15) is 13.2 Å². The second-order valence-electron chi connectivity index (χ2n) is 3.69. The highest BCUT2D eigenvalue weighted by atomic mass is 19.4. The van der Waals surface area contributed by atoms with Crippen LogP contribution in [-0.4, -0.2) is 17.3 Å². The molecule has 0 aliphatic rings. The van der Waals surface area contributed by atoms with Gasteiger partial charge >= 0.3 is 12.1 Å². The zero-order valence-corrected chi connectivity index (χ0v) is 8.88. The molecule has 1 unspecified atom stereocenters. The fourth-order valence-corrected chi connectivity index (χ4v) is 1.56. The number of carboxylic acids is 1. The summed E-state index contributed by atoms with van der Waals surface area (Å²) in [5, 5.41) is 8.47. The molecule has 0 saturated heterocycles. The Morgan fingerprint density at radius 1 is 1.41 bits per heavy atom. The molecule has 1 aromatic rings. The zero-order chi connectivity index (χ0) is 13.2. The molecular formula is C11H10F4O2. The predicted octanol–water partition coefficient (Wildman–Crippen LogP) is 3.25. The van der Waals surface area contributed by atoms with Crippen molar-refractivity contribution >= 4 is 5.97 Å². The number of hydrogen-bond acceptors (Lipinski definition) is 1. The van der Waals surface area contributed by atoms with Crippen LogP contribution in [0.2, 0.25) is 0 Å². The monoisotopic (exact) mass is 250 g/mol. The SMILES string of the molecule is Cc1ccc(F)cc1C(CC(=O)O)C(F)(F)F. The van der Waals surface area contributed by atoms with Crippen LogP contribution in [-0.2, 0) is 4.79 Å². The maximum atomic E-state index is 12.9. The van der Waals surface area contributed by atoms with Gasteiger partial charge in [0, 0.05) is 0 Å². The van der Waals surface area contributed by atoms with Crippen LogP contribution in [0.1, 0.15) is 23.5 Å². The summed E-state index contributed by atoms with van der Waals surface area (Å²) in [6.45, 7) is 1.38. The van der Waals surface area contributed by atoms with E-state index in [1.807, 2.05) is 0 Å². The van der Waals surface area contributed by atoms with Crippen LogP contribution in [0.4, 0.5) is 17.6 Å². The fraction of sp³-hybridized carbons (Fsp3) is 0.364. The minimum atomic E-state index is -4.71. The van der Waals surface area contributed by atoms with E-state index in [1.165, 1.54) is 13.0 Å². The van der Waals surface area contributed by atoms with Crippen LogP contribution in [0.3, 0.4) is 0 Å². The molecule has 0 saturated carbocycles. The van der Waals surface area contributed by atoms with Crippen LogP contribution in [0.5, 0.6) is 0 Å². The van der Waals surface area contributed by atoms with Gasteiger partial charge < -0.3 is 5.11 Å². The Morgan fingerprint density at radius 2 is 2.00 bits per heavy atom. The summed E-state index contributed by atoms with van der Waals surface area (Å²) in [5.74, 6) is -4.57. The highest BCUT2D eigenvalue weighted by Gasteiger charge is 2.42. The van der Waals surface area contributed by atoms with Gasteiger partial charge in [0.05, 0.1) is 12.3 Å². The minimum absolute atomic E-state index is 0.218. The Labute approximate surface area is 94.9 Å². The quantitative estimate of drug-likeness (QED) is 0.836. The molecule has 0 amide bonds. The molecular weight excluding hydrogens is 240 g/mol. The second-order valence-corrected chi connectivity index (χ2v) is 3.69. The van der Waals surface area contributed by atoms with Gasteiger partial charge in [0.25, 0.3) is 0 Å². The predicted molar refractivity (Wildman–Crippen MR) is 52.2 cm³/mol. The van der Waals surface area contributed by atoms with Crippen molar-refractivity contribution in [1.29, 1.82) is 0 Å². The summed E-state index contributed by atoms with van der Waals surface area (Å²) in [6.07, 6.45) is -5.81. The van der Waals surface area contributed by atoms with Gasteiger partial charge in [-0.25, -0.2) is 4.39 Å². The third-order valence-electron chi connectivity index (χ3n) is 2.39. The van der Waals surface area contributed by atoms with Gasteiger partial charge in [0.1, 0.15) is 5.82 Å². The number of carbonyl (C=O) groups is 1. The standard InChI is InChI=1S/C11H10F4O2/c1-6-2-3-7(12)4-8(6)9(5-10(16)17)11(13,14)15/h2-4,9H,5H2,1H3,(H,16,17). The van der Waals surface area contributed by atoms with E-state index in [0.29, 0.717) is 0 Å². The molecule has 0 spiro atoms. The van der Waals surface area contributed by atoms with E-state index in [9.17, 15) is 22.4 Å². The van der Waals surface area contributed by atoms with Crippen LogP contribution in [0, 0.1) is 12.7 Å². The molecule has 1 atom stereocenters. The van der Waals surface area contributed by atoms with Gasteiger partial charge in [-0.15, -0.1) is 0 Å². The zero-order valence-electron chi connectivity index (χ0n) is 8.88. The number of halogens is 4. The lowest BCUT2D eigenvalue weighted by atomic mass is 9.91. The third-order valence-corrected chi connectivity index (χ3v) is 2.39.